The van der Waals surface area contributed by atoms with Gasteiger partial charge in [0.05, 0.1) is 12.5 Å². The monoisotopic (exact) mass is 596 g/mol. The van der Waals surface area contributed by atoms with E-state index >= 15 is 0 Å². The van der Waals surface area contributed by atoms with E-state index < -0.39 is 17.7 Å². The summed E-state index contributed by atoms with van der Waals surface area (Å²) in [5.41, 5.74) is 2.16. The molecule has 1 aliphatic heterocycles. The Hall–Kier alpha value is -2.11. The van der Waals surface area contributed by atoms with Crippen molar-refractivity contribution in [3.63, 3.8) is 0 Å². The third-order valence-corrected chi connectivity index (χ3v) is 12.3. The number of carbonyl (C=O) groups excluding carboxylic acids is 3. The topological polar surface area (TPSA) is 78.9 Å². The summed E-state index contributed by atoms with van der Waals surface area (Å²) in [6.45, 7) is 15.6. The molecule has 6 heteroatoms. The van der Waals surface area contributed by atoms with E-state index in [-0.39, 0.29) is 35.9 Å². The fourth-order valence-corrected chi connectivity index (χ4v) is 10.3. The standard InChI is InChI=1S/C37H56O6/c1-23(2)9-8-10-24(3)30-13-14-31-29-12-11-25-19-27(15-17-36(25,6)32(29)16-18-37(30,31)7)41-33(39)21-26(38)20-28-22-34(40)43-35(4,5)42-28/h19,22-24,27,29-32H,8-18,20-21H2,1-7H3/t24-,27+,29+,30-,31+,32+,36+,37-/m1/s1. The van der Waals surface area contributed by atoms with Crippen molar-refractivity contribution in [2.75, 3.05) is 0 Å². The minimum Gasteiger partial charge on any atom is -0.458 e. The number of ketones is 1. The Kier molecular flexibility index (Phi) is 9.27. The molecule has 0 bridgehead atoms. The van der Waals surface area contributed by atoms with Crippen LogP contribution < -0.4 is 0 Å². The van der Waals surface area contributed by atoms with Crippen LogP contribution in [0.25, 0.3) is 0 Å². The van der Waals surface area contributed by atoms with E-state index in [1.807, 2.05) is 0 Å². The molecule has 3 saturated carbocycles. The van der Waals surface area contributed by atoms with Gasteiger partial charge in [-0.2, -0.15) is 0 Å². The fraction of sp³-hybridized carbons (Fsp3) is 0.811. The van der Waals surface area contributed by atoms with Gasteiger partial charge in [-0.3, -0.25) is 9.59 Å². The fourth-order valence-electron chi connectivity index (χ4n) is 10.3. The summed E-state index contributed by atoms with van der Waals surface area (Å²) in [4.78, 5) is 37.1. The van der Waals surface area contributed by atoms with Gasteiger partial charge in [-0.15, -0.1) is 0 Å². The number of ether oxygens (including phenoxy) is 3. The molecule has 0 unspecified atom stereocenters. The van der Waals surface area contributed by atoms with Crippen LogP contribution in [0.4, 0.5) is 0 Å². The summed E-state index contributed by atoms with van der Waals surface area (Å²) in [5.74, 6) is 2.60. The van der Waals surface area contributed by atoms with Crippen LogP contribution in [0.15, 0.2) is 23.5 Å². The van der Waals surface area contributed by atoms with Crippen LogP contribution in [0.5, 0.6) is 0 Å². The van der Waals surface area contributed by atoms with Crippen molar-refractivity contribution in [2.24, 2.45) is 46.3 Å². The predicted octanol–water partition coefficient (Wildman–Crippen LogP) is 8.48. The second-order valence-corrected chi connectivity index (χ2v) is 16.0. The first-order chi connectivity index (χ1) is 20.2. The highest BCUT2D eigenvalue weighted by atomic mass is 16.7. The third kappa shape index (κ3) is 6.78. The third-order valence-electron chi connectivity index (χ3n) is 12.3. The van der Waals surface area contributed by atoms with Crippen molar-refractivity contribution < 1.29 is 28.6 Å². The van der Waals surface area contributed by atoms with Crippen LogP contribution in [0, 0.1) is 46.3 Å². The number of hydrogen-bond donors (Lipinski definition) is 0. The largest absolute Gasteiger partial charge is 0.458 e. The normalized spacial score (nSPS) is 37.1. The Bertz CT molecular complexity index is 1150. The zero-order chi connectivity index (χ0) is 31.2. The number of fused-ring (bicyclic) bond motifs is 5. The van der Waals surface area contributed by atoms with E-state index in [0.717, 1.165) is 54.8 Å². The molecular formula is C37H56O6. The van der Waals surface area contributed by atoms with Crippen LogP contribution in [0.3, 0.4) is 0 Å². The number of carbonyl (C=O) groups is 3. The maximum absolute atomic E-state index is 12.7. The molecule has 0 radical (unpaired) electrons. The van der Waals surface area contributed by atoms with Crippen molar-refractivity contribution in [3.05, 3.63) is 23.5 Å². The second kappa shape index (κ2) is 12.4. The van der Waals surface area contributed by atoms with Crippen LogP contribution in [-0.4, -0.2) is 29.6 Å². The van der Waals surface area contributed by atoms with Crippen molar-refractivity contribution in [3.8, 4) is 0 Å². The smallest absolute Gasteiger partial charge is 0.337 e. The predicted molar refractivity (Wildman–Crippen MR) is 167 cm³/mol. The second-order valence-electron chi connectivity index (χ2n) is 16.0. The number of hydrogen-bond acceptors (Lipinski definition) is 6. The van der Waals surface area contributed by atoms with E-state index in [0.29, 0.717) is 5.41 Å². The van der Waals surface area contributed by atoms with Gasteiger partial charge in [-0.05, 0) is 104 Å². The Labute approximate surface area is 259 Å². The van der Waals surface area contributed by atoms with Crippen LogP contribution in [0.1, 0.15) is 132 Å². The Morgan fingerprint density at radius 2 is 1.72 bits per heavy atom. The highest BCUT2D eigenvalue weighted by molar-refractivity contribution is 5.97. The van der Waals surface area contributed by atoms with Gasteiger partial charge in [0.2, 0.25) is 5.79 Å². The van der Waals surface area contributed by atoms with Gasteiger partial charge >= 0.3 is 11.9 Å². The van der Waals surface area contributed by atoms with Crippen LogP contribution >= 0.6 is 0 Å². The maximum atomic E-state index is 12.7. The zero-order valence-corrected chi connectivity index (χ0v) is 27.8. The molecule has 0 saturated heterocycles. The van der Waals surface area contributed by atoms with Crippen LogP contribution in [0.2, 0.25) is 0 Å². The molecule has 5 aliphatic rings. The van der Waals surface area contributed by atoms with Crippen molar-refractivity contribution in [2.45, 2.75) is 144 Å². The molecule has 0 aromatic rings. The summed E-state index contributed by atoms with van der Waals surface area (Å²) >= 11 is 0. The van der Waals surface area contributed by atoms with Gasteiger partial charge < -0.3 is 14.2 Å². The average molecular weight is 597 g/mol. The summed E-state index contributed by atoms with van der Waals surface area (Å²) < 4.78 is 16.5. The van der Waals surface area contributed by atoms with Gasteiger partial charge in [-0.25, -0.2) is 4.79 Å². The van der Waals surface area contributed by atoms with E-state index in [1.54, 1.807) is 13.8 Å². The highest BCUT2D eigenvalue weighted by Gasteiger charge is 2.59. The molecule has 4 aliphatic carbocycles. The molecule has 0 aromatic heterocycles. The number of Topliss-reactive ketones (excluding diaryl/α,β-unsaturated/α-hetero) is 1. The molecule has 3 fully saturated rings. The first-order valence-corrected chi connectivity index (χ1v) is 17.2. The van der Waals surface area contributed by atoms with E-state index in [1.165, 1.54) is 63.0 Å². The van der Waals surface area contributed by atoms with Gasteiger partial charge in [0.1, 0.15) is 18.3 Å². The molecule has 240 valence electrons. The lowest BCUT2D eigenvalue weighted by molar-refractivity contribution is -0.205. The van der Waals surface area contributed by atoms with Crippen molar-refractivity contribution in [1.82, 2.24) is 0 Å². The van der Waals surface area contributed by atoms with E-state index in [2.05, 4.69) is 40.7 Å². The number of rotatable bonds is 10. The first-order valence-electron chi connectivity index (χ1n) is 17.2. The highest BCUT2D eigenvalue weighted by Crippen LogP contribution is 2.67. The molecule has 8 atom stereocenters. The lowest BCUT2D eigenvalue weighted by atomic mass is 9.46. The molecule has 5 rings (SSSR count). The molecule has 1 heterocycles. The summed E-state index contributed by atoms with van der Waals surface area (Å²) in [7, 11) is 0. The zero-order valence-electron chi connectivity index (χ0n) is 27.8. The Balaban J connectivity index is 1.17. The Morgan fingerprint density at radius 3 is 2.44 bits per heavy atom. The molecule has 0 amide bonds. The molecule has 0 N–H and O–H groups in total. The molecule has 43 heavy (non-hydrogen) atoms. The van der Waals surface area contributed by atoms with E-state index in [4.69, 9.17) is 14.2 Å². The molecule has 0 spiro atoms. The van der Waals surface area contributed by atoms with Gasteiger partial charge in [-0.1, -0.05) is 59.5 Å². The molecular weight excluding hydrogens is 540 g/mol. The minimum atomic E-state index is -1.12. The van der Waals surface area contributed by atoms with Gasteiger partial charge in [0.15, 0.2) is 5.78 Å². The summed E-state index contributed by atoms with van der Waals surface area (Å²) in [6.07, 6.45) is 16.5. The quantitative estimate of drug-likeness (QED) is 0.143. The Morgan fingerprint density at radius 1 is 0.953 bits per heavy atom. The minimum absolute atomic E-state index is 0.127. The van der Waals surface area contributed by atoms with Crippen LogP contribution in [-0.2, 0) is 28.6 Å². The number of cyclic esters (lactones) is 1. The van der Waals surface area contributed by atoms with Gasteiger partial charge in [0, 0.05) is 13.8 Å². The lowest BCUT2D eigenvalue weighted by Gasteiger charge is -2.59. The van der Waals surface area contributed by atoms with Crippen molar-refractivity contribution >= 4 is 17.7 Å². The summed E-state index contributed by atoms with van der Waals surface area (Å²) in [6, 6.07) is 0. The lowest BCUT2D eigenvalue weighted by Crippen LogP contribution is -2.51. The molecule has 0 aromatic carbocycles. The SMILES string of the molecule is CC(C)CCC[C@@H](C)[C@H]1CC[C@H]2[C@@H]3CCC4=C[C@@H](OC(=O)CC(=O)CC5=CC(=O)OC(C)(C)O5)CC[C@]4(C)[C@H]3CC[C@]12C. The number of esters is 2. The van der Waals surface area contributed by atoms with Crippen molar-refractivity contribution in [1.29, 1.82) is 0 Å². The number of allylic oxidation sites excluding steroid dienone is 2. The van der Waals surface area contributed by atoms with Gasteiger partial charge in [0.25, 0.3) is 0 Å². The first kappa shape index (κ1) is 32.3. The molecule has 6 nitrogen and oxygen atoms in total. The average Bonchev–Trinajstić information content (AvgIpc) is 3.24. The van der Waals surface area contributed by atoms with E-state index in [9.17, 15) is 14.4 Å². The summed E-state index contributed by atoms with van der Waals surface area (Å²) in [5, 5.41) is 0. The maximum Gasteiger partial charge on any atom is 0.337 e.